The summed E-state index contributed by atoms with van der Waals surface area (Å²) in [5, 5.41) is 12.8. The molecule has 0 rings (SSSR count). The lowest BCUT2D eigenvalue weighted by Crippen LogP contribution is -2.48. The first-order valence-corrected chi connectivity index (χ1v) is 6.32. The maximum atomic E-state index is 9.42. The van der Waals surface area contributed by atoms with E-state index in [9.17, 15) is 5.11 Å². The first-order chi connectivity index (χ1) is 6.00. The molecule has 1 unspecified atom stereocenters. The second-order valence-corrected chi connectivity index (χ2v) is 5.01. The van der Waals surface area contributed by atoms with Crippen LogP contribution in [0.25, 0.3) is 0 Å². The summed E-state index contributed by atoms with van der Waals surface area (Å²) < 4.78 is 0. The van der Waals surface area contributed by atoms with Crippen molar-refractivity contribution in [2.45, 2.75) is 45.3 Å². The number of aliphatic hydroxyl groups is 1. The van der Waals surface area contributed by atoms with Gasteiger partial charge < -0.3 is 10.4 Å². The monoisotopic (exact) mass is 205 g/mol. The standard InChI is InChI=1S/C10H23NOS/c1-9(12)10(2,3)11-7-5-6-8-13-4/h9,11-12H,5-8H2,1-4H3. The lowest BCUT2D eigenvalue weighted by molar-refractivity contribution is 0.0968. The van der Waals surface area contributed by atoms with Gasteiger partial charge in [-0.1, -0.05) is 0 Å². The molecule has 0 fully saturated rings. The van der Waals surface area contributed by atoms with Crippen LogP contribution in [0.2, 0.25) is 0 Å². The molecule has 0 saturated carbocycles. The number of hydrogen-bond donors (Lipinski definition) is 2. The third kappa shape index (κ3) is 6.36. The highest BCUT2D eigenvalue weighted by Crippen LogP contribution is 2.08. The van der Waals surface area contributed by atoms with Crippen LogP contribution in [-0.4, -0.2) is 35.3 Å². The van der Waals surface area contributed by atoms with Crippen molar-refractivity contribution in [1.29, 1.82) is 0 Å². The molecule has 0 aliphatic heterocycles. The van der Waals surface area contributed by atoms with Crippen molar-refractivity contribution in [1.82, 2.24) is 5.32 Å². The van der Waals surface area contributed by atoms with Gasteiger partial charge in [0.15, 0.2) is 0 Å². The van der Waals surface area contributed by atoms with Gasteiger partial charge in [-0.25, -0.2) is 0 Å². The topological polar surface area (TPSA) is 32.3 Å². The Morgan fingerprint density at radius 1 is 1.38 bits per heavy atom. The molecule has 13 heavy (non-hydrogen) atoms. The highest BCUT2D eigenvalue weighted by Gasteiger charge is 2.22. The third-order valence-corrected chi connectivity index (χ3v) is 3.10. The quantitative estimate of drug-likeness (QED) is 0.622. The summed E-state index contributed by atoms with van der Waals surface area (Å²) in [4.78, 5) is 0. The zero-order valence-electron chi connectivity index (χ0n) is 9.26. The van der Waals surface area contributed by atoms with E-state index < -0.39 is 0 Å². The number of nitrogens with one attached hydrogen (secondary N) is 1. The van der Waals surface area contributed by atoms with Crippen molar-refractivity contribution >= 4 is 11.8 Å². The molecule has 0 aliphatic carbocycles. The molecule has 0 aromatic carbocycles. The van der Waals surface area contributed by atoms with Crippen molar-refractivity contribution in [2.24, 2.45) is 0 Å². The maximum absolute atomic E-state index is 9.42. The number of thioether (sulfide) groups is 1. The molecule has 0 saturated heterocycles. The van der Waals surface area contributed by atoms with Crippen LogP contribution in [0.4, 0.5) is 0 Å². The number of hydrogen-bond acceptors (Lipinski definition) is 3. The lowest BCUT2D eigenvalue weighted by Gasteiger charge is -2.29. The van der Waals surface area contributed by atoms with Crippen LogP contribution >= 0.6 is 11.8 Å². The average molecular weight is 205 g/mol. The van der Waals surface area contributed by atoms with Crippen LogP contribution in [0.1, 0.15) is 33.6 Å². The van der Waals surface area contributed by atoms with E-state index in [0.29, 0.717) is 0 Å². The molecule has 0 radical (unpaired) electrons. The van der Waals surface area contributed by atoms with Gasteiger partial charge in [-0.3, -0.25) is 0 Å². The first-order valence-electron chi connectivity index (χ1n) is 4.92. The summed E-state index contributed by atoms with van der Waals surface area (Å²) in [6.45, 7) is 6.89. The van der Waals surface area contributed by atoms with Gasteiger partial charge in [-0.05, 0) is 52.2 Å². The summed E-state index contributed by atoms with van der Waals surface area (Å²) in [6.07, 6.45) is 4.28. The van der Waals surface area contributed by atoms with Crippen LogP contribution in [0.15, 0.2) is 0 Å². The van der Waals surface area contributed by atoms with Crippen LogP contribution in [0, 0.1) is 0 Å². The molecule has 80 valence electrons. The Morgan fingerprint density at radius 2 is 2.00 bits per heavy atom. The van der Waals surface area contributed by atoms with E-state index >= 15 is 0 Å². The van der Waals surface area contributed by atoms with Gasteiger partial charge in [-0.2, -0.15) is 11.8 Å². The van der Waals surface area contributed by atoms with Gasteiger partial charge in [0.25, 0.3) is 0 Å². The largest absolute Gasteiger partial charge is 0.392 e. The van der Waals surface area contributed by atoms with Gasteiger partial charge >= 0.3 is 0 Å². The number of unbranched alkanes of at least 4 members (excludes halogenated alkanes) is 1. The fourth-order valence-corrected chi connectivity index (χ4v) is 1.42. The Bertz CT molecular complexity index is 126. The summed E-state index contributed by atoms with van der Waals surface area (Å²) in [5.41, 5.74) is -0.153. The van der Waals surface area contributed by atoms with Gasteiger partial charge in [0, 0.05) is 5.54 Å². The highest BCUT2D eigenvalue weighted by atomic mass is 32.2. The SMILES string of the molecule is CSCCCCNC(C)(C)C(C)O. The predicted octanol–water partition coefficient (Wildman–Crippen LogP) is 1.88. The molecule has 2 nitrogen and oxygen atoms in total. The lowest BCUT2D eigenvalue weighted by atomic mass is 9.99. The summed E-state index contributed by atoms with van der Waals surface area (Å²) in [6, 6.07) is 0. The van der Waals surface area contributed by atoms with Gasteiger partial charge in [-0.15, -0.1) is 0 Å². The summed E-state index contributed by atoms with van der Waals surface area (Å²) >= 11 is 1.89. The van der Waals surface area contributed by atoms with E-state index in [1.54, 1.807) is 0 Å². The second kappa shape index (κ2) is 6.68. The van der Waals surface area contributed by atoms with E-state index in [4.69, 9.17) is 0 Å². The Kier molecular flexibility index (Phi) is 6.82. The fraction of sp³-hybridized carbons (Fsp3) is 1.00. The molecule has 0 aromatic rings. The minimum absolute atomic E-state index is 0.153. The van der Waals surface area contributed by atoms with Crippen LogP contribution < -0.4 is 5.32 Å². The van der Waals surface area contributed by atoms with Crippen LogP contribution in [0.3, 0.4) is 0 Å². The molecule has 0 spiro atoms. The Balaban J connectivity index is 3.41. The van der Waals surface area contributed by atoms with E-state index in [1.165, 1.54) is 18.6 Å². The Morgan fingerprint density at radius 3 is 2.46 bits per heavy atom. The minimum atomic E-state index is -0.298. The van der Waals surface area contributed by atoms with Crippen molar-refractivity contribution in [3.63, 3.8) is 0 Å². The molecular weight excluding hydrogens is 182 g/mol. The Hall–Kier alpha value is 0.270. The summed E-state index contributed by atoms with van der Waals surface area (Å²) in [7, 11) is 0. The van der Waals surface area contributed by atoms with Crippen LogP contribution in [-0.2, 0) is 0 Å². The molecule has 0 heterocycles. The van der Waals surface area contributed by atoms with E-state index in [-0.39, 0.29) is 11.6 Å². The maximum Gasteiger partial charge on any atom is 0.0688 e. The van der Waals surface area contributed by atoms with E-state index in [0.717, 1.165) is 6.54 Å². The van der Waals surface area contributed by atoms with Crippen molar-refractivity contribution in [2.75, 3.05) is 18.6 Å². The Labute approximate surface area is 86.5 Å². The van der Waals surface area contributed by atoms with Crippen molar-refractivity contribution in [3.05, 3.63) is 0 Å². The summed E-state index contributed by atoms with van der Waals surface area (Å²) in [5.74, 6) is 1.23. The van der Waals surface area contributed by atoms with E-state index in [2.05, 4.69) is 11.6 Å². The van der Waals surface area contributed by atoms with E-state index in [1.807, 2.05) is 32.5 Å². The van der Waals surface area contributed by atoms with Crippen molar-refractivity contribution < 1.29 is 5.11 Å². The van der Waals surface area contributed by atoms with Crippen molar-refractivity contribution in [3.8, 4) is 0 Å². The number of aliphatic hydroxyl groups excluding tert-OH is 1. The second-order valence-electron chi connectivity index (χ2n) is 4.02. The molecule has 2 N–H and O–H groups in total. The third-order valence-electron chi connectivity index (χ3n) is 2.40. The molecular formula is C10H23NOS. The fourth-order valence-electron chi connectivity index (χ4n) is 0.930. The van der Waals surface area contributed by atoms with Gasteiger partial charge in [0.05, 0.1) is 6.10 Å². The first kappa shape index (κ1) is 13.3. The molecule has 1 atom stereocenters. The molecule has 3 heteroatoms. The molecule has 0 aliphatic rings. The highest BCUT2D eigenvalue weighted by molar-refractivity contribution is 7.98. The van der Waals surface area contributed by atoms with Crippen LogP contribution in [0.5, 0.6) is 0 Å². The average Bonchev–Trinajstić information content (AvgIpc) is 2.03. The molecule has 0 aromatic heterocycles. The number of rotatable bonds is 7. The minimum Gasteiger partial charge on any atom is -0.392 e. The normalized spacial score (nSPS) is 14.5. The van der Waals surface area contributed by atoms with Gasteiger partial charge in [0.1, 0.15) is 0 Å². The zero-order chi connectivity index (χ0) is 10.3. The molecule has 0 amide bonds. The predicted molar refractivity (Wildman–Crippen MR) is 61.4 cm³/mol. The molecule has 0 bridgehead atoms. The smallest absolute Gasteiger partial charge is 0.0688 e. The zero-order valence-corrected chi connectivity index (χ0v) is 10.1. The van der Waals surface area contributed by atoms with Gasteiger partial charge in [0.2, 0.25) is 0 Å².